The van der Waals surface area contributed by atoms with Crippen LogP contribution in [0.25, 0.3) is 11.2 Å². The second-order valence-electron chi connectivity index (χ2n) is 3.90. The molecule has 0 amide bonds. The van der Waals surface area contributed by atoms with Gasteiger partial charge in [-0.15, -0.1) is 0 Å². The Bertz CT molecular complexity index is 691. The molecular formula is C10H15N5O2. The summed E-state index contributed by atoms with van der Waals surface area (Å²) in [6.07, 6.45) is 0. The summed E-state index contributed by atoms with van der Waals surface area (Å²) in [4.78, 5) is 28.0. The van der Waals surface area contributed by atoms with Gasteiger partial charge in [0.05, 0.1) is 0 Å². The van der Waals surface area contributed by atoms with Crippen molar-refractivity contribution in [3.63, 3.8) is 0 Å². The van der Waals surface area contributed by atoms with Crippen molar-refractivity contribution >= 4 is 17.1 Å². The molecule has 1 N–H and O–H groups in total. The fourth-order valence-electron chi connectivity index (χ4n) is 1.83. The van der Waals surface area contributed by atoms with E-state index in [0.717, 1.165) is 4.57 Å². The number of rotatable bonds is 2. The lowest BCUT2D eigenvalue weighted by molar-refractivity contribution is 0.705. The first kappa shape index (κ1) is 11.4. The Hall–Kier alpha value is -2.05. The fraction of sp³-hybridized carbons (Fsp3) is 0.500. The summed E-state index contributed by atoms with van der Waals surface area (Å²) in [5.41, 5.74) is 0.119. The fourth-order valence-corrected chi connectivity index (χ4v) is 1.83. The van der Waals surface area contributed by atoms with Crippen LogP contribution in [0.2, 0.25) is 0 Å². The summed E-state index contributed by atoms with van der Waals surface area (Å²) in [5, 5.41) is 3.05. The maximum atomic E-state index is 12.0. The lowest BCUT2D eigenvalue weighted by atomic mass is 10.5. The molecule has 0 aromatic carbocycles. The van der Waals surface area contributed by atoms with E-state index < -0.39 is 0 Å². The van der Waals surface area contributed by atoms with Crippen LogP contribution in [0, 0.1) is 0 Å². The maximum absolute atomic E-state index is 12.0. The lowest BCUT2D eigenvalue weighted by Gasteiger charge is -2.03. The smallest absolute Gasteiger partial charge is 0.332 e. The van der Waals surface area contributed by atoms with Crippen LogP contribution in [0.1, 0.15) is 6.92 Å². The first-order chi connectivity index (χ1) is 7.99. The molecule has 0 atom stereocenters. The van der Waals surface area contributed by atoms with Crippen LogP contribution in [-0.4, -0.2) is 25.2 Å². The topological polar surface area (TPSA) is 73.8 Å². The van der Waals surface area contributed by atoms with Gasteiger partial charge in [0.2, 0.25) is 5.95 Å². The first-order valence-corrected chi connectivity index (χ1v) is 5.35. The lowest BCUT2D eigenvalue weighted by Crippen LogP contribution is -2.37. The van der Waals surface area contributed by atoms with Crippen molar-refractivity contribution in [3.05, 3.63) is 20.8 Å². The molecule has 0 bridgehead atoms. The van der Waals surface area contributed by atoms with Crippen LogP contribution in [0.5, 0.6) is 0 Å². The van der Waals surface area contributed by atoms with E-state index in [1.54, 1.807) is 18.7 Å². The van der Waals surface area contributed by atoms with E-state index in [1.165, 1.54) is 11.6 Å². The molecule has 7 nitrogen and oxygen atoms in total. The van der Waals surface area contributed by atoms with Crippen molar-refractivity contribution in [3.8, 4) is 0 Å². The standard InChI is InChI=1S/C10H15N5O2/c1-5-11-9-12-7-6(13(9)2)8(16)15(4)10(17)14(7)3/h5H2,1-4H3,(H,11,12). The van der Waals surface area contributed by atoms with E-state index in [-0.39, 0.29) is 11.2 Å². The van der Waals surface area contributed by atoms with Gasteiger partial charge in [0, 0.05) is 27.7 Å². The Labute approximate surface area is 97.3 Å². The summed E-state index contributed by atoms with van der Waals surface area (Å²) < 4.78 is 4.12. The van der Waals surface area contributed by atoms with Crippen LogP contribution < -0.4 is 16.6 Å². The molecule has 0 spiro atoms. The zero-order valence-electron chi connectivity index (χ0n) is 10.3. The van der Waals surface area contributed by atoms with Crippen molar-refractivity contribution in [2.75, 3.05) is 11.9 Å². The summed E-state index contributed by atoms with van der Waals surface area (Å²) in [6, 6.07) is 0. The number of hydrogen-bond donors (Lipinski definition) is 1. The predicted octanol–water partition coefficient (Wildman–Crippen LogP) is -0.597. The number of nitrogens with zero attached hydrogens (tertiary/aromatic N) is 4. The minimum Gasteiger partial charge on any atom is -0.356 e. The number of nitrogens with one attached hydrogen (secondary N) is 1. The minimum absolute atomic E-state index is 0.331. The summed E-state index contributed by atoms with van der Waals surface area (Å²) in [5.74, 6) is 0.584. The number of aromatic nitrogens is 4. The van der Waals surface area contributed by atoms with E-state index in [9.17, 15) is 9.59 Å². The van der Waals surface area contributed by atoms with Gasteiger partial charge in [-0.2, -0.15) is 4.98 Å². The Morgan fingerprint density at radius 2 is 1.76 bits per heavy atom. The monoisotopic (exact) mass is 237 g/mol. The largest absolute Gasteiger partial charge is 0.356 e. The second kappa shape index (κ2) is 3.76. The molecule has 0 aliphatic rings. The van der Waals surface area contributed by atoms with Gasteiger partial charge in [0.1, 0.15) is 0 Å². The maximum Gasteiger partial charge on any atom is 0.332 e. The minimum atomic E-state index is -0.372. The van der Waals surface area contributed by atoms with Crippen molar-refractivity contribution in [2.24, 2.45) is 21.1 Å². The average Bonchev–Trinajstić information content (AvgIpc) is 2.62. The van der Waals surface area contributed by atoms with Crippen molar-refractivity contribution in [2.45, 2.75) is 6.92 Å². The highest BCUT2D eigenvalue weighted by molar-refractivity contribution is 5.74. The van der Waals surface area contributed by atoms with E-state index in [2.05, 4.69) is 10.3 Å². The first-order valence-electron chi connectivity index (χ1n) is 5.35. The van der Waals surface area contributed by atoms with Crippen molar-refractivity contribution in [1.82, 2.24) is 18.7 Å². The summed E-state index contributed by atoms with van der Waals surface area (Å²) in [6.45, 7) is 2.64. The number of imidazole rings is 1. The van der Waals surface area contributed by atoms with Gasteiger partial charge in [-0.1, -0.05) is 0 Å². The van der Waals surface area contributed by atoms with E-state index in [0.29, 0.717) is 23.7 Å². The predicted molar refractivity (Wildman–Crippen MR) is 65.4 cm³/mol. The second-order valence-corrected chi connectivity index (χ2v) is 3.90. The molecule has 0 aliphatic carbocycles. The van der Waals surface area contributed by atoms with Gasteiger partial charge >= 0.3 is 5.69 Å². The summed E-state index contributed by atoms with van der Waals surface area (Å²) >= 11 is 0. The number of hydrogen-bond acceptors (Lipinski definition) is 4. The number of aryl methyl sites for hydroxylation is 2. The third kappa shape index (κ3) is 1.46. The van der Waals surface area contributed by atoms with E-state index in [1.807, 2.05) is 6.92 Å². The zero-order chi connectivity index (χ0) is 12.7. The third-order valence-electron chi connectivity index (χ3n) is 2.81. The molecule has 0 saturated carbocycles. The molecule has 17 heavy (non-hydrogen) atoms. The highest BCUT2D eigenvalue weighted by Gasteiger charge is 2.16. The third-order valence-corrected chi connectivity index (χ3v) is 2.81. The molecule has 2 aromatic rings. The molecule has 2 heterocycles. The van der Waals surface area contributed by atoms with E-state index >= 15 is 0 Å². The van der Waals surface area contributed by atoms with E-state index in [4.69, 9.17) is 0 Å². The normalized spacial score (nSPS) is 11.1. The Morgan fingerprint density at radius 3 is 2.35 bits per heavy atom. The zero-order valence-corrected chi connectivity index (χ0v) is 10.3. The molecule has 92 valence electrons. The molecule has 2 aromatic heterocycles. The van der Waals surface area contributed by atoms with Crippen LogP contribution in [0.15, 0.2) is 9.59 Å². The van der Waals surface area contributed by atoms with Crippen LogP contribution in [0.3, 0.4) is 0 Å². The highest BCUT2D eigenvalue weighted by Crippen LogP contribution is 2.12. The van der Waals surface area contributed by atoms with Gasteiger partial charge in [0.15, 0.2) is 11.2 Å². The summed E-state index contributed by atoms with van der Waals surface area (Å²) in [7, 11) is 4.82. The number of fused-ring (bicyclic) bond motifs is 1. The Morgan fingerprint density at radius 1 is 1.12 bits per heavy atom. The Balaban J connectivity index is 2.97. The molecule has 2 rings (SSSR count). The average molecular weight is 237 g/mol. The molecular weight excluding hydrogens is 222 g/mol. The molecule has 0 saturated heterocycles. The number of anilines is 1. The molecule has 0 unspecified atom stereocenters. The van der Waals surface area contributed by atoms with Gasteiger partial charge < -0.3 is 9.88 Å². The van der Waals surface area contributed by atoms with Gasteiger partial charge in [-0.3, -0.25) is 13.9 Å². The molecule has 0 radical (unpaired) electrons. The molecule has 0 aliphatic heterocycles. The van der Waals surface area contributed by atoms with Crippen LogP contribution in [-0.2, 0) is 21.1 Å². The van der Waals surface area contributed by atoms with Gasteiger partial charge in [-0.05, 0) is 6.92 Å². The van der Waals surface area contributed by atoms with Crippen LogP contribution >= 0.6 is 0 Å². The molecule has 0 fully saturated rings. The van der Waals surface area contributed by atoms with Crippen molar-refractivity contribution in [1.29, 1.82) is 0 Å². The SMILES string of the molecule is CCNc1nc2c(c(=O)n(C)c(=O)n2C)n1C. The highest BCUT2D eigenvalue weighted by atomic mass is 16.2. The van der Waals surface area contributed by atoms with Crippen molar-refractivity contribution < 1.29 is 0 Å². The quantitative estimate of drug-likeness (QED) is 0.757. The van der Waals surface area contributed by atoms with Crippen LogP contribution in [0.4, 0.5) is 5.95 Å². The van der Waals surface area contributed by atoms with Gasteiger partial charge in [0.25, 0.3) is 5.56 Å². The molecule has 7 heteroatoms. The van der Waals surface area contributed by atoms with Gasteiger partial charge in [-0.25, -0.2) is 4.79 Å². The Kier molecular flexibility index (Phi) is 2.53.